The third kappa shape index (κ3) is 1.60. The van der Waals surface area contributed by atoms with Crippen LogP contribution in [-0.2, 0) is 0 Å². The molecule has 2 aromatic rings. The van der Waals surface area contributed by atoms with Crippen LogP contribution in [0.4, 0.5) is 0 Å². The van der Waals surface area contributed by atoms with Crippen molar-refractivity contribution in [2.24, 2.45) is 0 Å². The fourth-order valence-electron chi connectivity index (χ4n) is 2.08. The monoisotopic (exact) mass is 225 g/mol. The van der Waals surface area contributed by atoms with E-state index in [-0.39, 0.29) is 5.78 Å². The van der Waals surface area contributed by atoms with Crippen molar-refractivity contribution in [1.29, 1.82) is 0 Å². The molecular weight excluding hydrogens is 214 g/mol. The lowest BCUT2D eigenvalue weighted by molar-refractivity contribution is 0.0994. The van der Waals surface area contributed by atoms with Crippen LogP contribution in [0.15, 0.2) is 34.9 Å². The van der Waals surface area contributed by atoms with Gasteiger partial charge in [-0.15, -0.1) is 0 Å². The second kappa shape index (κ2) is 3.70. The molecule has 0 spiro atoms. The first kappa shape index (κ1) is 10.0. The van der Waals surface area contributed by atoms with Gasteiger partial charge in [0, 0.05) is 24.5 Å². The molecule has 0 radical (unpaired) electrons. The van der Waals surface area contributed by atoms with Crippen molar-refractivity contribution in [3.05, 3.63) is 47.5 Å². The van der Waals surface area contributed by atoms with Gasteiger partial charge in [-0.25, -0.2) is 4.98 Å². The average Bonchev–Trinajstić information content (AvgIpc) is 2.76. The molecule has 1 aliphatic rings. The highest BCUT2D eigenvalue weighted by atomic mass is 16.4. The molecule has 3 rings (SSSR count). The van der Waals surface area contributed by atoms with Crippen molar-refractivity contribution in [2.75, 3.05) is 0 Å². The zero-order chi connectivity index (χ0) is 11.8. The Morgan fingerprint density at radius 3 is 2.88 bits per heavy atom. The number of carbonyl (C=O) groups is 1. The van der Waals surface area contributed by atoms with Crippen LogP contribution < -0.4 is 0 Å². The summed E-state index contributed by atoms with van der Waals surface area (Å²) in [5.74, 6) is 1.49. The Bertz CT molecular complexity index is 623. The van der Waals surface area contributed by atoms with Crippen LogP contribution in [0.3, 0.4) is 0 Å². The maximum Gasteiger partial charge on any atom is 0.191 e. The zero-order valence-electron chi connectivity index (χ0n) is 9.43. The molecule has 3 nitrogen and oxygen atoms in total. The van der Waals surface area contributed by atoms with Crippen molar-refractivity contribution in [3.8, 4) is 11.3 Å². The second-order valence-electron chi connectivity index (χ2n) is 4.04. The number of benzene rings is 1. The van der Waals surface area contributed by atoms with Gasteiger partial charge in [0.15, 0.2) is 17.4 Å². The highest BCUT2D eigenvalue weighted by Gasteiger charge is 2.17. The number of aryl methyl sites for hydroxylation is 1. The van der Waals surface area contributed by atoms with Gasteiger partial charge in [0.1, 0.15) is 0 Å². The third-order valence-corrected chi connectivity index (χ3v) is 2.88. The molecule has 1 aliphatic carbocycles. The quantitative estimate of drug-likeness (QED) is 0.748. The van der Waals surface area contributed by atoms with E-state index in [0.717, 1.165) is 16.7 Å². The molecule has 0 unspecified atom stereocenters. The first-order valence-corrected chi connectivity index (χ1v) is 5.51. The summed E-state index contributed by atoms with van der Waals surface area (Å²) in [6, 6.07) is 5.68. The van der Waals surface area contributed by atoms with Crippen LogP contribution in [0.25, 0.3) is 17.4 Å². The van der Waals surface area contributed by atoms with Gasteiger partial charge in [0.25, 0.3) is 0 Å². The smallest absolute Gasteiger partial charge is 0.191 e. The van der Waals surface area contributed by atoms with E-state index in [1.165, 1.54) is 0 Å². The number of aromatic nitrogens is 1. The Kier molecular flexibility index (Phi) is 2.18. The van der Waals surface area contributed by atoms with Crippen molar-refractivity contribution in [3.63, 3.8) is 0 Å². The van der Waals surface area contributed by atoms with E-state index in [2.05, 4.69) is 4.98 Å². The maximum absolute atomic E-state index is 11.8. The van der Waals surface area contributed by atoms with Crippen LogP contribution in [0.1, 0.15) is 28.2 Å². The van der Waals surface area contributed by atoms with E-state index >= 15 is 0 Å². The standard InChI is InChI=1S/C14H11NO2/c1-9-15-8-14(17-9)12-6-2-5-11-10(12)4-3-7-13(11)16/h2-6,8H,7H2,1H3. The number of allylic oxidation sites excluding steroid dienone is 1. The van der Waals surface area contributed by atoms with Gasteiger partial charge in [-0.2, -0.15) is 0 Å². The highest BCUT2D eigenvalue weighted by molar-refractivity contribution is 6.04. The van der Waals surface area contributed by atoms with E-state index in [4.69, 9.17) is 4.42 Å². The fraction of sp³-hybridized carbons (Fsp3) is 0.143. The molecule has 84 valence electrons. The Hall–Kier alpha value is -2.16. The normalized spacial score (nSPS) is 13.8. The number of hydrogen-bond donors (Lipinski definition) is 0. The van der Waals surface area contributed by atoms with Crippen LogP contribution in [-0.4, -0.2) is 10.8 Å². The molecular formula is C14H11NO2. The lowest BCUT2D eigenvalue weighted by Gasteiger charge is -2.12. The summed E-state index contributed by atoms with van der Waals surface area (Å²) in [4.78, 5) is 15.9. The molecule has 0 bridgehead atoms. The Morgan fingerprint density at radius 2 is 2.12 bits per heavy atom. The molecule has 1 heterocycles. The minimum atomic E-state index is 0.153. The van der Waals surface area contributed by atoms with Crippen LogP contribution >= 0.6 is 0 Å². The Morgan fingerprint density at radius 1 is 1.29 bits per heavy atom. The summed E-state index contributed by atoms with van der Waals surface area (Å²) in [5.41, 5.74) is 2.62. The van der Waals surface area contributed by atoms with Crippen molar-refractivity contribution < 1.29 is 9.21 Å². The molecule has 0 saturated carbocycles. The molecule has 3 heteroatoms. The number of fused-ring (bicyclic) bond motifs is 1. The molecule has 17 heavy (non-hydrogen) atoms. The lowest BCUT2D eigenvalue weighted by Crippen LogP contribution is -2.04. The number of rotatable bonds is 1. The summed E-state index contributed by atoms with van der Waals surface area (Å²) < 4.78 is 5.51. The molecule has 0 aliphatic heterocycles. The van der Waals surface area contributed by atoms with E-state index in [0.29, 0.717) is 18.1 Å². The van der Waals surface area contributed by atoms with Gasteiger partial charge in [-0.1, -0.05) is 30.4 Å². The average molecular weight is 225 g/mol. The fourth-order valence-corrected chi connectivity index (χ4v) is 2.08. The molecule has 1 aromatic heterocycles. The second-order valence-corrected chi connectivity index (χ2v) is 4.04. The molecule has 0 amide bonds. The van der Waals surface area contributed by atoms with Gasteiger partial charge in [0.2, 0.25) is 0 Å². The van der Waals surface area contributed by atoms with E-state index in [1.54, 1.807) is 13.1 Å². The van der Waals surface area contributed by atoms with Gasteiger partial charge in [0.05, 0.1) is 6.20 Å². The predicted molar refractivity (Wildman–Crippen MR) is 64.7 cm³/mol. The minimum absolute atomic E-state index is 0.153. The molecule has 0 fully saturated rings. The number of oxazole rings is 1. The van der Waals surface area contributed by atoms with E-state index in [9.17, 15) is 4.79 Å². The summed E-state index contributed by atoms with van der Waals surface area (Å²) in [7, 11) is 0. The third-order valence-electron chi connectivity index (χ3n) is 2.88. The van der Waals surface area contributed by atoms with E-state index in [1.807, 2.05) is 30.4 Å². The SMILES string of the molecule is Cc1ncc(-c2cccc3c2C=CCC3=O)o1. The first-order chi connectivity index (χ1) is 8.25. The van der Waals surface area contributed by atoms with Crippen LogP contribution in [0.2, 0.25) is 0 Å². The minimum Gasteiger partial charge on any atom is -0.441 e. The highest BCUT2D eigenvalue weighted by Crippen LogP contribution is 2.30. The van der Waals surface area contributed by atoms with Crippen LogP contribution in [0, 0.1) is 6.92 Å². The predicted octanol–water partition coefficient (Wildman–Crippen LogP) is 3.25. The number of ketones is 1. The molecule has 0 atom stereocenters. The van der Waals surface area contributed by atoms with Crippen molar-refractivity contribution in [2.45, 2.75) is 13.3 Å². The summed E-state index contributed by atoms with van der Waals surface area (Å²) in [6.45, 7) is 1.81. The zero-order valence-corrected chi connectivity index (χ0v) is 9.43. The summed E-state index contributed by atoms with van der Waals surface area (Å²) in [5, 5.41) is 0. The topological polar surface area (TPSA) is 43.1 Å². The number of carbonyl (C=O) groups excluding carboxylic acids is 1. The van der Waals surface area contributed by atoms with Crippen LogP contribution in [0.5, 0.6) is 0 Å². The number of hydrogen-bond acceptors (Lipinski definition) is 3. The van der Waals surface area contributed by atoms with Crippen molar-refractivity contribution >= 4 is 11.9 Å². The largest absolute Gasteiger partial charge is 0.441 e. The lowest BCUT2D eigenvalue weighted by atomic mass is 9.91. The molecule has 1 aromatic carbocycles. The number of Topliss-reactive ketones (excluding diaryl/α,β-unsaturated/α-hetero) is 1. The first-order valence-electron chi connectivity index (χ1n) is 5.51. The summed E-state index contributed by atoms with van der Waals surface area (Å²) >= 11 is 0. The van der Waals surface area contributed by atoms with Crippen molar-refractivity contribution in [1.82, 2.24) is 4.98 Å². The molecule has 0 saturated heterocycles. The van der Waals surface area contributed by atoms with Gasteiger partial charge in [-0.3, -0.25) is 4.79 Å². The Balaban J connectivity index is 2.23. The molecule has 0 N–H and O–H groups in total. The summed E-state index contributed by atoms with van der Waals surface area (Å²) in [6.07, 6.45) is 6.03. The number of nitrogens with zero attached hydrogens (tertiary/aromatic N) is 1. The van der Waals surface area contributed by atoms with Gasteiger partial charge < -0.3 is 4.42 Å². The maximum atomic E-state index is 11.8. The van der Waals surface area contributed by atoms with Gasteiger partial charge in [-0.05, 0) is 5.56 Å². The Labute approximate surface area is 98.8 Å². The van der Waals surface area contributed by atoms with E-state index < -0.39 is 0 Å². The van der Waals surface area contributed by atoms with Gasteiger partial charge >= 0.3 is 0 Å².